The van der Waals surface area contributed by atoms with E-state index in [1.165, 1.54) is 19.3 Å². The first kappa shape index (κ1) is 23.9. The van der Waals surface area contributed by atoms with Gasteiger partial charge in [0, 0.05) is 31.0 Å². The quantitative estimate of drug-likeness (QED) is 0.344. The van der Waals surface area contributed by atoms with Gasteiger partial charge in [-0.15, -0.1) is 0 Å². The van der Waals surface area contributed by atoms with Crippen LogP contribution < -0.4 is 9.64 Å². The first-order valence-electron chi connectivity index (χ1n) is 11.7. The van der Waals surface area contributed by atoms with Gasteiger partial charge in [0.2, 0.25) is 0 Å². The van der Waals surface area contributed by atoms with Crippen molar-refractivity contribution in [2.24, 2.45) is 0 Å². The molecule has 5 heteroatoms. The van der Waals surface area contributed by atoms with E-state index in [9.17, 15) is 9.90 Å². The molecular formula is C27H35NO4. The molecule has 0 bridgehead atoms. The molecule has 1 N–H and O–H groups in total. The maximum atomic E-state index is 11.4. The molecule has 0 unspecified atom stereocenters. The molecule has 0 radical (unpaired) electrons. The van der Waals surface area contributed by atoms with E-state index in [2.05, 4.69) is 30.0 Å². The average Bonchev–Trinajstić information content (AvgIpc) is 2.82. The summed E-state index contributed by atoms with van der Waals surface area (Å²) in [7, 11) is 0. The molecule has 0 saturated carbocycles. The highest BCUT2D eigenvalue weighted by molar-refractivity contribution is 5.93. The highest BCUT2D eigenvalue weighted by Crippen LogP contribution is 2.32. The normalized spacial score (nSPS) is 14.4. The third-order valence-corrected chi connectivity index (χ3v) is 5.76. The molecule has 2 aromatic carbocycles. The van der Waals surface area contributed by atoms with Crippen LogP contribution in [-0.4, -0.2) is 44.0 Å². The van der Waals surface area contributed by atoms with Gasteiger partial charge in [-0.3, -0.25) is 0 Å². The van der Waals surface area contributed by atoms with E-state index < -0.39 is 5.97 Å². The van der Waals surface area contributed by atoms with Crippen molar-refractivity contribution in [1.82, 2.24) is 0 Å². The predicted molar refractivity (Wildman–Crippen MR) is 130 cm³/mol. The lowest BCUT2D eigenvalue weighted by molar-refractivity contribution is -0.132. The Morgan fingerprint density at radius 2 is 1.72 bits per heavy atom. The fourth-order valence-electron chi connectivity index (χ4n) is 3.88. The predicted octanol–water partition coefficient (Wildman–Crippen LogP) is 6.03. The number of unbranched alkanes of at least 4 members (excludes halogenated alkanes) is 1. The molecule has 1 aliphatic heterocycles. The monoisotopic (exact) mass is 437 g/mol. The molecule has 0 atom stereocenters. The molecule has 3 rings (SSSR count). The summed E-state index contributed by atoms with van der Waals surface area (Å²) in [6.45, 7) is 7.74. The minimum absolute atomic E-state index is 0.338. The molecule has 1 saturated heterocycles. The van der Waals surface area contributed by atoms with Crippen molar-refractivity contribution < 1.29 is 19.4 Å². The third kappa shape index (κ3) is 6.86. The molecule has 1 aliphatic rings. The van der Waals surface area contributed by atoms with E-state index >= 15 is 0 Å². The number of carboxylic acid groups (broad SMARTS) is 1. The Balaban J connectivity index is 1.74. The number of carboxylic acids is 1. The smallest absolute Gasteiger partial charge is 0.331 e. The summed E-state index contributed by atoms with van der Waals surface area (Å²) in [5.41, 5.74) is 4.53. The van der Waals surface area contributed by atoms with Crippen LogP contribution in [0.3, 0.4) is 0 Å². The van der Waals surface area contributed by atoms with Crippen molar-refractivity contribution in [1.29, 1.82) is 0 Å². The highest BCUT2D eigenvalue weighted by atomic mass is 16.5. The van der Waals surface area contributed by atoms with Crippen LogP contribution in [0.5, 0.6) is 5.75 Å². The van der Waals surface area contributed by atoms with Gasteiger partial charge in [-0.1, -0.05) is 31.5 Å². The molecule has 0 aromatic heterocycles. The van der Waals surface area contributed by atoms with E-state index in [-0.39, 0.29) is 0 Å². The number of piperidine rings is 1. The van der Waals surface area contributed by atoms with E-state index in [0.29, 0.717) is 18.8 Å². The van der Waals surface area contributed by atoms with Gasteiger partial charge in [-0.2, -0.15) is 0 Å². The molecule has 0 amide bonds. The van der Waals surface area contributed by atoms with E-state index in [0.717, 1.165) is 60.7 Å². The van der Waals surface area contributed by atoms with Gasteiger partial charge >= 0.3 is 5.97 Å². The number of aliphatic carboxylic acids is 1. The summed E-state index contributed by atoms with van der Waals surface area (Å²) in [6, 6.07) is 14.4. The van der Waals surface area contributed by atoms with Crippen molar-refractivity contribution in [3.63, 3.8) is 0 Å². The van der Waals surface area contributed by atoms with Crippen molar-refractivity contribution in [3.05, 3.63) is 53.6 Å². The maximum absolute atomic E-state index is 11.4. The standard InChI is InChI=1S/C27H35NO4/c1-3-4-16-31-17-18-32-25-11-8-22(9-12-25)23-10-13-26(28-14-6-5-7-15-28)24(20-23)19-21(2)27(29)30/h8-13,19-20H,3-7,14-18H2,1-2H3,(H,29,30). The largest absolute Gasteiger partial charge is 0.491 e. The first-order valence-corrected chi connectivity index (χ1v) is 11.7. The summed E-state index contributed by atoms with van der Waals surface area (Å²) in [5.74, 6) is -0.0696. The lowest BCUT2D eigenvalue weighted by Crippen LogP contribution is -2.29. The zero-order valence-electron chi connectivity index (χ0n) is 19.3. The summed E-state index contributed by atoms with van der Waals surface area (Å²) in [4.78, 5) is 13.8. The Morgan fingerprint density at radius 1 is 1.00 bits per heavy atom. The number of rotatable bonds is 11. The van der Waals surface area contributed by atoms with E-state index in [1.54, 1.807) is 13.0 Å². The SMILES string of the molecule is CCCCOCCOc1ccc(-c2ccc(N3CCCCC3)c(C=C(C)C(=O)O)c2)cc1. The second kappa shape index (κ2) is 12.3. The minimum atomic E-state index is -0.889. The van der Waals surface area contributed by atoms with Gasteiger partial charge in [-0.05, 0) is 79.6 Å². The van der Waals surface area contributed by atoms with Crippen LogP contribution in [0.1, 0.15) is 51.5 Å². The number of carbonyl (C=O) groups is 1. The van der Waals surface area contributed by atoms with Crippen molar-refractivity contribution >= 4 is 17.7 Å². The van der Waals surface area contributed by atoms with Gasteiger partial charge in [0.1, 0.15) is 12.4 Å². The fraction of sp³-hybridized carbons (Fsp3) is 0.444. The second-order valence-electron chi connectivity index (χ2n) is 8.29. The number of ether oxygens (including phenoxy) is 2. The Labute approximate surface area is 191 Å². The Kier molecular flexibility index (Phi) is 9.17. The highest BCUT2D eigenvalue weighted by Gasteiger charge is 2.15. The Bertz CT molecular complexity index is 898. The third-order valence-electron chi connectivity index (χ3n) is 5.76. The minimum Gasteiger partial charge on any atom is -0.491 e. The van der Waals surface area contributed by atoms with Crippen LogP contribution >= 0.6 is 0 Å². The van der Waals surface area contributed by atoms with Crippen LogP contribution in [0.4, 0.5) is 5.69 Å². The van der Waals surface area contributed by atoms with Crippen molar-refractivity contribution in [2.45, 2.75) is 46.0 Å². The summed E-state index contributed by atoms with van der Waals surface area (Å²) >= 11 is 0. The maximum Gasteiger partial charge on any atom is 0.331 e. The Hall–Kier alpha value is -2.79. The van der Waals surface area contributed by atoms with Crippen LogP contribution in [0.2, 0.25) is 0 Å². The van der Waals surface area contributed by atoms with Gasteiger partial charge in [0.05, 0.1) is 6.61 Å². The van der Waals surface area contributed by atoms with Crippen molar-refractivity contribution in [3.8, 4) is 16.9 Å². The topological polar surface area (TPSA) is 59.0 Å². The summed E-state index contributed by atoms with van der Waals surface area (Å²) in [6.07, 6.45) is 7.60. The van der Waals surface area contributed by atoms with Gasteiger partial charge in [0.15, 0.2) is 0 Å². The fourth-order valence-corrected chi connectivity index (χ4v) is 3.88. The zero-order chi connectivity index (χ0) is 22.8. The van der Waals surface area contributed by atoms with E-state index in [4.69, 9.17) is 9.47 Å². The average molecular weight is 438 g/mol. The molecule has 5 nitrogen and oxygen atoms in total. The van der Waals surface area contributed by atoms with Crippen LogP contribution in [-0.2, 0) is 9.53 Å². The molecule has 32 heavy (non-hydrogen) atoms. The van der Waals surface area contributed by atoms with Crippen LogP contribution in [0, 0.1) is 0 Å². The van der Waals surface area contributed by atoms with Crippen LogP contribution in [0.15, 0.2) is 48.0 Å². The molecule has 172 valence electrons. The number of hydrogen-bond acceptors (Lipinski definition) is 4. The summed E-state index contributed by atoms with van der Waals surface area (Å²) < 4.78 is 11.3. The molecular weight excluding hydrogens is 402 g/mol. The molecule has 1 heterocycles. The van der Waals surface area contributed by atoms with Crippen molar-refractivity contribution in [2.75, 3.05) is 37.8 Å². The number of benzene rings is 2. The van der Waals surface area contributed by atoms with Gasteiger partial charge < -0.3 is 19.5 Å². The lowest BCUT2D eigenvalue weighted by atomic mass is 9.99. The van der Waals surface area contributed by atoms with E-state index in [1.807, 2.05) is 24.3 Å². The Morgan fingerprint density at radius 3 is 2.41 bits per heavy atom. The summed E-state index contributed by atoms with van der Waals surface area (Å²) in [5, 5.41) is 9.39. The molecule has 2 aromatic rings. The van der Waals surface area contributed by atoms with Gasteiger partial charge in [0.25, 0.3) is 0 Å². The second-order valence-corrected chi connectivity index (χ2v) is 8.29. The zero-order valence-corrected chi connectivity index (χ0v) is 19.3. The number of nitrogens with zero attached hydrogens (tertiary/aromatic N) is 1. The number of anilines is 1. The first-order chi connectivity index (χ1) is 15.6. The van der Waals surface area contributed by atoms with Gasteiger partial charge in [-0.25, -0.2) is 4.79 Å². The lowest BCUT2D eigenvalue weighted by Gasteiger charge is -2.30. The molecule has 0 spiro atoms. The number of hydrogen-bond donors (Lipinski definition) is 1. The van der Waals surface area contributed by atoms with Crippen LogP contribution in [0.25, 0.3) is 17.2 Å². The molecule has 0 aliphatic carbocycles. The molecule has 1 fully saturated rings.